The van der Waals surface area contributed by atoms with Gasteiger partial charge in [0, 0.05) is 22.1 Å². The van der Waals surface area contributed by atoms with E-state index in [0.717, 1.165) is 25.8 Å². The summed E-state index contributed by atoms with van der Waals surface area (Å²) in [6.45, 7) is 11.5. The molecule has 0 radical (unpaired) electrons. The summed E-state index contributed by atoms with van der Waals surface area (Å²) in [6, 6.07) is 0.424. The first kappa shape index (κ1) is 15.1. The van der Waals surface area contributed by atoms with Crippen LogP contribution in [0.4, 0.5) is 0 Å². The molecular weight excluding hydrogens is 206 g/mol. The fourth-order valence-corrected chi connectivity index (χ4v) is 3.54. The molecule has 1 N–H and O–H groups in total. The van der Waals surface area contributed by atoms with Crippen molar-refractivity contribution >= 4 is 10.8 Å². The molecule has 92 valence electrons. The van der Waals surface area contributed by atoms with E-state index in [9.17, 15) is 4.21 Å². The first-order valence-corrected chi connectivity index (χ1v) is 7.48. The predicted octanol–water partition coefficient (Wildman–Crippen LogP) is 2.70. The molecule has 0 aliphatic rings. The third-order valence-electron chi connectivity index (χ3n) is 2.68. The minimum Gasteiger partial charge on any atom is -0.313 e. The zero-order valence-electron chi connectivity index (χ0n) is 10.9. The van der Waals surface area contributed by atoms with E-state index in [-0.39, 0.29) is 5.25 Å². The summed E-state index contributed by atoms with van der Waals surface area (Å²) in [5, 5.41) is 4.06. The summed E-state index contributed by atoms with van der Waals surface area (Å²) < 4.78 is 12.1. The summed E-state index contributed by atoms with van der Waals surface area (Å²) in [7, 11) is -0.705. The van der Waals surface area contributed by atoms with Crippen LogP contribution in [-0.4, -0.2) is 27.3 Å². The Morgan fingerprint density at radius 3 is 2.13 bits per heavy atom. The molecule has 0 aromatic heterocycles. The highest BCUT2D eigenvalue weighted by molar-refractivity contribution is 7.86. The first-order chi connectivity index (χ1) is 7.08. The molecule has 0 saturated carbocycles. The summed E-state index contributed by atoms with van der Waals surface area (Å²) >= 11 is 0. The van der Waals surface area contributed by atoms with Crippen molar-refractivity contribution in [2.24, 2.45) is 0 Å². The summed E-state index contributed by atoms with van der Waals surface area (Å²) in [4.78, 5) is 0. The zero-order valence-corrected chi connectivity index (χ0v) is 11.7. The Bertz CT molecular complexity index is 176. The van der Waals surface area contributed by atoms with Crippen LogP contribution in [0.25, 0.3) is 0 Å². The van der Waals surface area contributed by atoms with E-state index in [1.807, 2.05) is 13.8 Å². The Labute approximate surface area is 97.7 Å². The highest BCUT2D eigenvalue weighted by atomic mass is 32.2. The quantitative estimate of drug-likeness (QED) is 0.698. The van der Waals surface area contributed by atoms with Crippen molar-refractivity contribution in [2.75, 3.05) is 6.54 Å². The maximum absolute atomic E-state index is 12.1. The lowest BCUT2D eigenvalue weighted by Gasteiger charge is -2.27. The average molecular weight is 233 g/mol. The highest BCUT2D eigenvalue weighted by Crippen LogP contribution is 2.15. The molecular formula is C12H27NOS. The Kier molecular flexibility index (Phi) is 8.34. The molecule has 0 aliphatic carbocycles. The monoisotopic (exact) mass is 233 g/mol. The smallest absolute Gasteiger partial charge is 0.0501 e. The van der Waals surface area contributed by atoms with Gasteiger partial charge in [-0.05, 0) is 19.4 Å². The molecule has 0 aromatic carbocycles. The van der Waals surface area contributed by atoms with Gasteiger partial charge in [0.1, 0.15) is 0 Å². The maximum Gasteiger partial charge on any atom is 0.0501 e. The molecule has 0 saturated heterocycles. The van der Waals surface area contributed by atoms with Gasteiger partial charge >= 0.3 is 0 Å². The van der Waals surface area contributed by atoms with Crippen LogP contribution >= 0.6 is 0 Å². The second kappa shape index (κ2) is 8.28. The molecule has 0 aromatic rings. The average Bonchev–Trinajstić information content (AvgIpc) is 2.19. The zero-order chi connectivity index (χ0) is 11.8. The third-order valence-corrected chi connectivity index (χ3v) is 4.87. The van der Waals surface area contributed by atoms with Gasteiger partial charge in [0.2, 0.25) is 0 Å². The molecule has 0 bridgehead atoms. The van der Waals surface area contributed by atoms with Crippen LogP contribution in [0.3, 0.4) is 0 Å². The minimum absolute atomic E-state index is 0.271. The SMILES string of the molecule is CCCC(NCC)C(CC)S(=O)C(C)C. The van der Waals surface area contributed by atoms with Gasteiger partial charge in [0.05, 0.1) is 5.25 Å². The van der Waals surface area contributed by atoms with E-state index in [1.165, 1.54) is 0 Å². The lowest BCUT2D eigenvalue weighted by molar-refractivity contribution is 0.457. The molecule has 3 atom stereocenters. The maximum atomic E-state index is 12.1. The lowest BCUT2D eigenvalue weighted by atomic mass is 10.1. The van der Waals surface area contributed by atoms with E-state index in [0.29, 0.717) is 11.3 Å². The van der Waals surface area contributed by atoms with Crippen LogP contribution in [0.2, 0.25) is 0 Å². The first-order valence-electron chi connectivity index (χ1n) is 6.21. The van der Waals surface area contributed by atoms with Crippen molar-refractivity contribution in [3.8, 4) is 0 Å². The fourth-order valence-electron chi connectivity index (χ4n) is 1.95. The van der Waals surface area contributed by atoms with Crippen LogP contribution in [0, 0.1) is 0 Å². The summed E-state index contributed by atoms with van der Waals surface area (Å²) in [6.07, 6.45) is 3.29. The van der Waals surface area contributed by atoms with E-state index < -0.39 is 10.8 Å². The van der Waals surface area contributed by atoms with E-state index >= 15 is 0 Å². The van der Waals surface area contributed by atoms with Crippen LogP contribution in [0.15, 0.2) is 0 Å². The van der Waals surface area contributed by atoms with Gasteiger partial charge in [-0.2, -0.15) is 0 Å². The van der Waals surface area contributed by atoms with Gasteiger partial charge in [0.25, 0.3) is 0 Å². The second-order valence-electron chi connectivity index (χ2n) is 4.28. The number of hydrogen-bond acceptors (Lipinski definition) is 2. The molecule has 3 unspecified atom stereocenters. The highest BCUT2D eigenvalue weighted by Gasteiger charge is 2.25. The molecule has 0 aliphatic heterocycles. The second-order valence-corrected chi connectivity index (χ2v) is 6.48. The molecule has 0 spiro atoms. The standard InChI is InChI=1S/C12H27NOS/c1-6-9-11(13-8-3)12(7-2)15(14)10(4)5/h10-13H,6-9H2,1-5H3. The summed E-state index contributed by atoms with van der Waals surface area (Å²) in [5.41, 5.74) is 0. The van der Waals surface area contributed by atoms with E-state index in [2.05, 4.69) is 26.1 Å². The molecule has 0 heterocycles. The van der Waals surface area contributed by atoms with Crippen molar-refractivity contribution < 1.29 is 4.21 Å². The van der Waals surface area contributed by atoms with E-state index in [1.54, 1.807) is 0 Å². The number of nitrogens with one attached hydrogen (secondary N) is 1. The Balaban J connectivity index is 4.49. The number of rotatable bonds is 8. The largest absolute Gasteiger partial charge is 0.313 e. The fraction of sp³-hybridized carbons (Fsp3) is 1.00. The van der Waals surface area contributed by atoms with Gasteiger partial charge in [-0.25, -0.2) is 0 Å². The van der Waals surface area contributed by atoms with Crippen molar-refractivity contribution in [1.82, 2.24) is 5.32 Å². The van der Waals surface area contributed by atoms with Gasteiger partial charge in [-0.3, -0.25) is 4.21 Å². The van der Waals surface area contributed by atoms with Gasteiger partial charge in [0.15, 0.2) is 0 Å². The van der Waals surface area contributed by atoms with Gasteiger partial charge in [-0.1, -0.05) is 41.0 Å². The predicted molar refractivity (Wildman–Crippen MR) is 69.7 cm³/mol. The van der Waals surface area contributed by atoms with E-state index in [4.69, 9.17) is 0 Å². The molecule has 2 nitrogen and oxygen atoms in total. The van der Waals surface area contributed by atoms with Crippen molar-refractivity contribution in [2.45, 2.75) is 70.4 Å². The molecule has 0 fully saturated rings. The molecule has 15 heavy (non-hydrogen) atoms. The number of hydrogen-bond donors (Lipinski definition) is 1. The van der Waals surface area contributed by atoms with Crippen LogP contribution in [-0.2, 0) is 10.8 Å². The van der Waals surface area contributed by atoms with Crippen LogP contribution < -0.4 is 5.32 Å². The van der Waals surface area contributed by atoms with Gasteiger partial charge in [-0.15, -0.1) is 0 Å². The topological polar surface area (TPSA) is 29.1 Å². The minimum atomic E-state index is -0.705. The Morgan fingerprint density at radius 2 is 1.80 bits per heavy atom. The lowest BCUT2D eigenvalue weighted by Crippen LogP contribution is -2.43. The van der Waals surface area contributed by atoms with Gasteiger partial charge < -0.3 is 5.32 Å². The van der Waals surface area contributed by atoms with Crippen molar-refractivity contribution in [3.05, 3.63) is 0 Å². The van der Waals surface area contributed by atoms with Crippen LogP contribution in [0.1, 0.15) is 53.9 Å². The third kappa shape index (κ3) is 5.12. The molecule has 3 heteroatoms. The Hall–Kier alpha value is 0.110. The Morgan fingerprint density at radius 1 is 1.20 bits per heavy atom. The molecule has 0 amide bonds. The van der Waals surface area contributed by atoms with Crippen molar-refractivity contribution in [3.63, 3.8) is 0 Å². The summed E-state index contributed by atoms with van der Waals surface area (Å²) in [5.74, 6) is 0. The normalized spacial score (nSPS) is 17.7. The van der Waals surface area contributed by atoms with Crippen molar-refractivity contribution in [1.29, 1.82) is 0 Å². The van der Waals surface area contributed by atoms with Crippen LogP contribution in [0.5, 0.6) is 0 Å². The molecule has 0 rings (SSSR count).